The maximum Gasteiger partial charge on any atom is 0.168 e. The predicted octanol–water partition coefficient (Wildman–Crippen LogP) is 3.10. The van der Waals surface area contributed by atoms with Gasteiger partial charge in [-0.1, -0.05) is 11.6 Å². The molecule has 2 N–H and O–H groups in total. The van der Waals surface area contributed by atoms with Gasteiger partial charge in [0.2, 0.25) is 0 Å². The smallest absolute Gasteiger partial charge is 0.168 e. The fourth-order valence-electron chi connectivity index (χ4n) is 1.12. The van der Waals surface area contributed by atoms with Gasteiger partial charge < -0.3 is 10.5 Å². The lowest BCUT2D eigenvalue weighted by atomic mass is 10.3. The summed E-state index contributed by atoms with van der Waals surface area (Å²) in [4.78, 5) is 4.03. The number of aromatic nitrogens is 1. The molecule has 0 fully saturated rings. The Bertz CT molecular complexity index is 490. The standard InChI is InChI=1S/C10H8ClFN2OS/c11-9-8(2-1-7(13)10(9)12)15-3-6-4-16-5-14-6/h1-2,4-5H,3,13H2. The van der Waals surface area contributed by atoms with Crippen molar-refractivity contribution in [3.05, 3.63) is 39.6 Å². The summed E-state index contributed by atoms with van der Waals surface area (Å²) in [6, 6.07) is 2.95. The van der Waals surface area contributed by atoms with Crippen molar-refractivity contribution in [1.29, 1.82) is 0 Å². The lowest BCUT2D eigenvalue weighted by molar-refractivity contribution is 0.301. The van der Waals surface area contributed by atoms with Gasteiger partial charge in [0.1, 0.15) is 17.4 Å². The van der Waals surface area contributed by atoms with Crippen molar-refractivity contribution in [2.75, 3.05) is 5.73 Å². The molecule has 1 heterocycles. The van der Waals surface area contributed by atoms with Gasteiger partial charge in [-0.2, -0.15) is 0 Å². The van der Waals surface area contributed by atoms with E-state index in [2.05, 4.69) is 4.98 Å². The van der Waals surface area contributed by atoms with Gasteiger partial charge >= 0.3 is 0 Å². The number of halogens is 2. The van der Waals surface area contributed by atoms with Crippen LogP contribution in [0.1, 0.15) is 5.69 Å². The van der Waals surface area contributed by atoms with Gasteiger partial charge in [-0.15, -0.1) is 11.3 Å². The molecule has 0 aliphatic rings. The van der Waals surface area contributed by atoms with E-state index in [1.54, 1.807) is 5.51 Å². The summed E-state index contributed by atoms with van der Waals surface area (Å²) in [5.74, 6) is -0.390. The van der Waals surface area contributed by atoms with Crippen LogP contribution in [0.4, 0.5) is 10.1 Å². The second kappa shape index (κ2) is 4.67. The van der Waals surface area contributed by atoms with Crippen molar-refractivity contribution < 1.29 is 9.13 Å². The molecular weight excluding hydrogens is 251 g/mol. The van der Waals surface area contributed by atoms with Crippen LogP contribution < -0.4 is 10.5 Å². The largest absolute Gasteiger partial charge is 0.486 e. The first-order chi connectivity index (χ1) is 7.68. The molecule has 0 saturated carbocycles. The van der Waals surface area contributed by atoms with E-state index in [1.807, 2.05) is 5.38 Å². The fraction of sp³-hybridized carbons (Fsp3) is 0.100. The Morgan fingerprint density at radius 1 is 1.50 bits per heavy atom. The SMILES string of the molecule is Nc1ccc(OCc2cscn2)c(Cl)c1F. The molecule has 84 valence electrons. The average Bonchev–Trinajstić information content (AvgIpc) is 2.78. The Morgan fingerprint density at radius 3 is 3.00 bits per heavy atom. The highest BCUT2D eigenvalue weighted by Gasteiger charge is 2.10. The maximum atomic E-state index is 13.3. The van der Waals surface area contributed by atoms with Crippen LogP contribution in [0.3, 0.4) is 0 Å². The van der Waals surface area contributed by atoms with Crippen LogP contribution in [0, 0.1) is 5.82 Å². The Labute approximate surface area is 101 Å². The highest BCUT2D eigenvalue weighted by molar-refractivity contribution is 7.07. The average molecular weight is 259 g/mol. The predicted molar refractivity (Wildman–Crippen MR) is 62.3 cm³/mol. The van der Waals surface area contributed by atoms with E-state index in [4.69, 9.17) is 22.1 Å². The summed E-state index contributed by atoms with van der Waals surface area (Å²) in [5, 5.41) is 1.75. The Balaban J connectivity index is 2.13. The van der Waals surface area contributed by atoms with E-state index in [9.17, 15) is 4.39 Å². The molecule has 0 aliphatic carbocycles. The van der Waals surface area contributed by atoms with Gasteiger partial charge in [0.15, 0.2) is 5.82 Å². The molecule has 0 amide bonds. The molecule has 1 aromatic heterocycles. The van der Waals surface area contributed by atoms with E-state index in [0.717, 1.165) is 5.69 Å². The molecule has 0 unspecified atom stereocenters. The molecule has 0 saturated heterocycles. The van der Waals surface area contributed by atoms with Gasteiger partial charge in [-0.05, 0) is 12.1 Å². The number of rotatable bonds is 3. The minimum absolute atomic E-state index is 0.00556. The van der Waals surface area contributed by atoms with E-state index >= 15 is 0 Å². The summed E-state index contributed by atoms with van der Waals surface area (Å²) >= 11 is 7.21. The zero-order chi connectivity index (χ0) is 11.5. The summed E-state index contributed by atoms with van der Waals surface area (Å²) in [5.41, 5.74) is 7.83. The third-order valence-corrected chi connectivity index (χ3v) is 2.92. The van der Waals surface area contributed by atoms with Crippen molar-refractivity contribution in [2.24, 2.45) is 0 Å². The van der Waals surface area contributed by atoms with Crippen LogP contribution in [0.15, 0.2) is 23.0 Å². The van der Waals surface area contributed by atoms with E-state index in [0.29, 0.717) is 0 Å². The zero-order valence-electron chi connectivity index (χ0n) is 8.11. The maximum absolute atomic E-state index is 13.3. The molecule has 1 aromatic carbocycles. The van der Waals surface area contributed by atoms with Crippen LogP contribution in [-0.2, 0) is 6.61 Å². The minimum atomic E-state index is -0.655. The van der Waals surface area contributed by atoms with Crippen LogP contribution in [-0.4, -0.2) is 4.98 Å². The van der Waals surface area contributed by atoms with Crippen molar-refractivity contribution in [1.82, 2.24) is 4.98 Å². The molecule has 0 bridgehead atoms. The minimum Gasteiger partial charge on any atom is -0.486 e. The topological polar surface area (TPSA) is 48.1 Å². The van der Waals surface area contributed by atoms with Crippen LogP contribution >= 0.6 is 22.9 Å². The molecule has 0 radical (unpaired) electrons. The van der Waals surface area contributed by atoms with Crippen molar-refractivity contribution in [2.45, 2.75) is 6.61 Å². The lowest BCUT2D eigenvalue weighted by Crippen LogP contribution is -1.98. The number of nitrogens with zero attached hydrogens (tertiary/aromatic N) is 1. The Morgan fingerprint density at radius 2 is 2.31 bits per heavy atom. The number of hydrogen-bond donors (Lipinski definition) is 1. The van der Waals surface area contributed by atoms with Gasteiger partial charge in [-0.25, -0.2) is 9.37 Å². The van der Waals surface area contributed by atoms with Crippen molar-refractivity contribution in [3.63, 3.8) is 0 Å². The lowest BCUT2D eigenvalue weighted by Gasteiger charge is -2.08. The molecular formula is C10H8ClFN2OS. The van der Waals surface area contributed by atoms with Crippen LogP contribution in [0.5, 0.6) is 5.75 Å². The highest BCUT2D eigenvalue weighted by Crippen LogP contribution is 2.31. The number of hydrogen-bond acceptors (Lipinski definition) is 4. The first kappa shape index (κ1) is 11.2. The number of nitrogens with two attached hydrogens (primary N) is 1. The molecule has 0 aliphatic heterocycles. The van der Waals surface area contributed by atoms with E-state index < -0.39 is 5.82 Å². The number of thiazole rings is 1. The molecule has 0 atom stereocenters. The van der Waals surface area contributed by atoms with Gasteiger partial charge in [-0.3, -0.25) is 0 Å². The Hall–Kier alpha value is -1.33. The second-order valence-electron chi connectivity index (χ2n) is 3.05. The van der Waals surface area contributed by atoms with Gasteiger partial charge in [0.05, 0.1) is 16.9 Å². The summed E-state index contributed by atoms with van der Waals surface area (Å²) in [6.45, 7) is 0.257. The summed E-state index contributed by atoms with van der Waals surface area (Å²) < 4.78 is 18.6. The van der Waals surface area contributed by atoms with Gasteiger partial charge in [0, 0.05) is 5.38 Å². The first-order valence-corrected chi connectivity index (χ1v) is 5.74. The zero-order valence-corrected chi connectivity index (χ0v) is 9.69. The third-order valence-electron chi connectivity index (χ3n) is 1.94. The third kappa shape index (κ3) is 2.25. The molecule has 16 heavy (non-hydrogen) atoms. The number of ether oxygens (including phenoxy) is 1. The quantitative estimate of drug-likeness (QED) is 0.861. The number of anilines is 1. The molecule has 6 heteroatoms. The normalized spacial score (nSPS) is 10.4. The Kier molecular flexibility index (Phi) is 3.26. The molecule has 3 nitrogen and oxygen atoms in total. The number of benzene rings is 1. The first-order valence-electron chi connectivity index (χ1n) is 4.42. The molecule has 2 aromatic rings. The van der Waals surface area contributed by atoms with E-state index in [-0.39, 0.29) is 23.1 Å². The summed E-state index contributed by atoms with van der Waals surface area (Å²) in [6.07, 6.45) is 0. The molecule has 0 spiro atoms. The molecule has 2 rings (SSSR count). The number of nitrogen functional groups attached to an aromatic ring is 1. The van der Waals surface area contributed by atoms with Crippen LogP contribution in [0.25, 0.3) is 0 Å². The highest BCUT2D eigenvalue weighted by atomic mass is 35.5. The van der Waals surface area contributed by atoms with Crippen LogP contribution in [0.2, 0.25) is 5.02 Å². The monoisotopic (exact) mass is 258 g/mol. The van der Waals surface area contributed by atoms with Gasteiger partial charge in [0.25, 0.3) is 0 Å². The van der Waals surface area contributed by atoms with Crippen molar-refractivity contribution in [3.8, 4) is 5.75 Å². The second-order valence-corrected chi connectivity index (χ2v) is 4.15. The summed E-state index contributed by atoms with van der Waals surface area (Å²) in [7, 11) is 0. The van der Waals surface area contributed by atoms with E-state index in [1.165, 1.54) is 23.5 Å². The van der Waals surface area contributed by atoms with Crippen molar-refractivity contribution >= 4 is 28.6 Å². The fourth-order valence-corrected chi connectivity index (χ4v) is 1.89.